The van der Waals surface area contributed by atoms with Gasteiger partial charge in [-0.3, -0.25) is 0 Å². The Bertz CT molecular complexity index is 197. The molecule has 0 aliphatic heterocycles. The van der Waals surface area contributed by atoms with E-state index in [4.69, 9.17) is 15.6 Å². The van der Waals surface area contributed by atoms with Crippen LogP contribution < -0.4 is 5.73 Å². The van der Waals surface area contributed by atoms with Crippen molar-refractivity contribution in [3.05, 3.63) is 0 Å². The number of methoxy groups -OCH3 is 1. The van der Waals surface area contributed by atoms with E-state index in [1.165, 1.54) is 89.9 Å². The third-order valence-electron chi connectivity index (χ3n) is 3.73. The molecule has 0 saturated carbocycles. The lowest BCUT2D eigenvalue weighted by atomic mass is 10.0. The van der Waals surface area contributed by atoms with Gasteiger partial charge in [0, 0.05) is 0 Å². The third kappa shape index (κ3) is 27.6. The summed E-state index contributed by atoms with van der Waals surface area (Å²) in [7, 11) is 1.10. The molecule has 0 aromatic rings. The Balaban J connectivity index is 0. The van der Waals surface area contributed by atoms with Crippen LogP contribution in [0.3, 0.4) is 0 Å². The normalized spacial score (nSPS) is 9.95. The van der Waals surface area contributed by atoms with E-state index >= 15 is 0 Å². The third-order valence-corrected chi connectivity index (χ3v) is 3.73. The molecule has 0 heterocycles. The van der Waals surface area contributed by atoms with Gasteiger partial charge in [0.25, 0.3) is 0 Å². The van der Waals surface area contributed by atoms with Gasteiger partial charge in [0.1, 0.15) is 0 Å². The van der Waals surface area contributed by atoms with Gasteiger partial charge in [-0.2, -0.15) is 0 Å². The highest BCUT2D eigenvalue weighted by Gasteiger charge is 1.93. The summed E-state index contributed by atoms with van der Waals surface area (Å²) in [5, 5.41) is 7.50. The Morgan fingerprint density at radius 1 is 0.773 bits per heavy atom. The lowest BCUT2D eigenvalue weighted by molar-refractivity contribution is 0.114. The predicted octanol–water partition coefficient (Wildman–Crippen LogP) is 5.74. The molecule has 0 aromatic heterocycles. The molecule has 134 valence electrons. The van der Waals surface area contributed by atoms with Gasteiger partial charge in [-0.1, -0.05) is 90.4 Å². The standard InChI is InChI=1S/C16H35N.C2H4O3/c1-2-3-4-5-6-7-8-9-10-11-12-13-14-15-16-17;1-5-2(3)4/h2-17H2,1H3;1H3,(H,3,4). The minimum atomic E-state index is -1.25. The maximum absolute atomic E-state index is 9.15. The van der Waals surface area contributed by atoms with E-state index in [0.29, 0.717) is 0 Å². The molecule has 4 nitrogen and oxygen atoms in total. The van der Waals surface area contributed by atoms with Crippen LogP contribution in [0.25, 0.3) is 0 Å². The summed E-state index contributed by atoms with van der Waals surface area (Å²) in [5.74, 6) is 0. The van der Waals surface area contributed by atoms with Crippen molar-refractivity contribution >= 4 is 6.16 Å². The van der Waals surface area contributed by atoms with Gasteiger partial charge in [0.2, 0.25) is 0 Å². The molecule has 0 spiro atoms. The second-order valence-corrected chi connectivity index (χ2v) is 5.85. The molecule has 0 atom stereocenters. The summed E-state index contributed by atoms with van der Waals surface area (Å²) in [5.41, 5.74) is 5.47. The maximum atomic E-state index is 9.15. The average molecular weight is 318 g/mol. The van der Waals surface area contributed by atoms with Crippen molar-refractivity contribution in [2.24, 2.45) is 5.73 Å². The van der Waals surface area contributed by atoms with Crippen molar-refractivity contribution < 1.29 is 14.6 Å². The van der Waals surface area contributed by atoms with Gasteiger partial charge in [-0.25, -0.2) is 4.79 Å². The summed E-state index contributed by atoms with van der Waals surface area (Å²) in [6.45, 7) is 3.16. The minimum Gasteiger partial charge on any atom is -0.450 e. The number of carbonyl (C=O) groups is 1. The zero-order chi connectivity index (χ0) is 16.9. The quantitative estimate of drug-likeness (QED) is 0.316. The number of hydrogen-bond acceptors (Lipinski definition) is 3. The van der Waals surface area contributed by atoms with Crippen LogP contribution in [-0.4, -0.2) is 24.9 Å². The average Bonchev–Trinajstić information content (AvgIpc) is 2.52. The van der Waals surface area contributed by atoms with E-state index in [0.717, 1.165) is 13.7 Å². The number of ether oxygens (including phenoxy) is 1. The molecule has 0 saturated heterocycles. The topological polar surface area (TPSA) is 72.5 Å². The van der Waals surface area contributed by atoms with Crippen LogP contribution in [0.5, 0.6) is 0 Å². The number of unbranched alkanes of at least 4 members (excludes halogenated alkanes) is 13. The van der Waals surface area contributed by atoms with Gasteiger partial charge in [0.15, 0.2) is 0 Å². The Morgan fingerprint density at radius 3 is 1.27 bits per heavy atom. The summed E-state index contributed by atoms with van der Waals surface area (Å²) < 4.78 is 3.67. The van der Waals surface area contributed by atoms with E-state index in [1.54, 1.807) is 0 Å². The van der Waals surface area contributed by atoms with Crippen LogP contribution in [0, 0.1) is 0 Å². The molecule has 0 unspecified atom stereocenters. The van der Waals surface area contributed by atoms with Crippen molar-refractivity contribution in [3.8, 4) is 0 Å². The number of hydrogen-bond donors (Lipinski definition) is 2. The first-order valence-corrected chi connectivity index (χ1v) is 9.16. The molecular weight excluding hydrogens is 278 g/mol. The van der Waals surface area contributed by atoms with E-state index in [2.05, 4.69) is 11.7 Å². The largest absolute Gasteiger partial charge is 0.505 e. The molecule has 0 aliphatic rings. The molecule has 4 heteroatoms. The fourth-order valence-corrected chi connectivity index (χ4v) is 2.34. The van der Waals surface area contributed by atoms with Crippen molar-refractivity contribution in [1.29, 1.82) is 0 Å². The van der Waals surface area contributed by atoms with Crippen LogP contribution in [0.15, 0.2) is 0 Å². The molecule has 0 aromatic carbocycles. The molecule has 0 aliphatic carbocycles. The maximum Gasteiger partial charge on any atom is 0.505 e. The first kappa shape index (κ1) is 23.5. The Kier molecular flexibility index (Phi) is 24.0. The van der Waals surface area contributed by atoms with E-state index in [9.17, 15) is 0 Å². The monoisotopic (exact) mass is 317 g/mol. The highest BCUT2D eigenvalue weighted by atomic mass is 16.6. The van der Waals surface area contributed by atoms with Crippen LogP contribution in [0.1, 0.15) is 96.8 Å². The van der Waals surface area contributed by atoms with Crippen LogP contribution in [0.2, 0.25) is 0 Å². The number of nitrogens with two attached hydrogens (primary N) is 1. The molecule has 3 N–H and O–H groups in total. The molecule has 22 heavy (non-hydrogen) atoms. The Labute approximate surface area is 137 Å². The first-order chi connectivity index (χ1) is 10.7. The Hall–Kier alpha value is -0.770. The van der Waals surface area contributed by atoms with Crippen molar-refractivity contribution in [1.82, 2.24) is 0 Å². The highest BCUT2D eigenvalue weighted by molar-refractivity contribution is 5.56. The fourth-order valence-electron chi connectivity index (χ4n) is 2.34. The summed E-state index contributed by atoms with van der Waals surface area (Å²) in [6.07, 6.45) is 18.6. The van der Waals surface area contributed by atoms with Gasteiger partial charge < -0.3 is 15.6 Å². The molecular formula is C18H39NO3. The van der Waals surface area contributed by atoms with E-state index in [-0.39, 0.29) is 0 Å². The first-order valence-electron chi connectivity index (χ1n) is 9.16. The Morgan fingerprint density at radius 2 is 1.05 bits per heavy atom. The highest BCUT2D eigenvalue weighted by Crippen LogP contribution is 2.12. The smallest absolute Gasteiger partial charge is 0.450 e. The molecule has 0 bridgehead atoms. The summed E-state index contributed by atoms with van der Waals surface area (Å²) in [6, 6.07) is 0. The van der Waals surface area contributed by atoms with Gasteiger partial charge in [0.05, 0.1) is 7.11 Å². The second kappa shape index (κ2) is 22.5. The summed E-state index contributed by atoms with van der Waals surface area (Å²) in [4.78, 5) is 9.15. The molecule has 0 amide bonds. The molecule has 0 fully saturated rings. The van der Waals surface area contributed by atoms with Crippen molar-refractivity contribution in [3.63, 3.8) is 0 Å². The number of carboxylic acid groups (broad SMARTS) is 1. The lowest BCUT2D eigenvalue weighted by Crippen LogP contribution is -1.97. The summed E-state index contributed by atoms with van der Waals surface area (Å²) >= 11 is 0. The second-order valence-electron chi connectivity index (χ2n) is 5.85. The lowest BCUT2D eigenvalue weighted by Gasteiger charge is -2.02. The fraction of sp³-hybridized carbons (Fsp3) is 0.944. The van der Waals surface area contributed by atoms with Gasteiger partial charge >= 0.3 is 6.16 Å². The SMILES string of the molecule is CCCCCCCCCCCCCCCCN.COC(=O)O. The van der Waals surface area contributed by atoms with Crippen molar-refractivity contribution in [2.75, 3.05) is 13.7 Å². The van der Waals surface area contributed by atoms with Gasteiger partial charge in [-0.15, -0.1) is 0 Å². The van der Waals surface area contributed by atoms with Crippen LogP contribution in [-0.2, 0) is 4.74 Å². The minimum absolute atomic E-state index is 0.873. The van der Waals surface area contributed by atoms with E-state index < -0.39 is 6.16 Å². The zero-order valence-corrected chi connectivity index (χ0v) is 14.9. The van der Waals surface area contributed by atoms with Crippen LogP contribution in [0.4, 0.5) is 4.79 Å². The van der Waals surface area contributed by atoms with E-state index in [1.807, 2.05) is 0 Å². The van der Waals surface area contributed by atoms with Crippen molar-refractivity contribution in [2.45, 2.75) is 96.8 Å². The zero-order valence-electron chi connectivity index (χ0n) is 14.9. The molecule has 0 radical (unpaired) electrons. The predicted molar refractivity (Wildman–Crippen MR) is 94.4 cm³/mol. The number of rotatable bonds is 14. The van der Waals surface area contributed by atoms with Gasteiger partial charge in [-0.05, 0) is 13.0 Å². The van der Waals surface area contributed by atoms with Crippen LogP contribution >= 0.6 is 0 Å². The molecule has 0 rings (SSSR count).